The number of hydrogen-bond donors (Lipinski definition) is 1. The van der Waals surface area contributed by atoms with Crippen LogP contribution >= 0.6 is 22.6 Å². The van der Waals surface area contributed by atoms with E-state index in [4.69, 9.17) is 23.7 Å². The molecule has 1 rings (SSSR count). The summed E-state index contributed by atoms with van der Waals surface area (Å²) in [6.45, 7) is 4.94. The van der Waals surface area contributed by atoms with E-state index < -0.39 is 78.2 Å². The van der Waals surface area contributed by atoms with Gasteiger partial charge in [-0.25, -0.2) is 9.18 Å². The third kappa shape index (κ3) is 7.71. The Balaban J connectivity index is 3.88. The molecule has 1 fully saturated rings. The molecule has 0 aromatic heterocycles. The fourth-order valence-electron chi connectivity index (χ4n) is 3.50. The Hall–Kier alpha value is -2.56. The minimum atomic E-state index is -3.13. The van der Waals surface area contributed by atoms with Crippen molar-refractivity contribution in [2.45, 2.75) is 77.0 Å². The van der Waals surface area contributed by atoms with E-state index in [1.165, 1.54) is 0 Å². The molecule has 0 saturated carbocycles. The smallest absolute Gasteiger partial charge is 0.383 e. The second kappa shape index (κ2) is 12.9. The van der Waals surface area contributed by atoms with E-state index >= 15 is 4.39 Å². The van der Waals surface area contributed by atoms with Gasteiger partial charge in [0, 0.05) is 39.0 Å². The van der Waals surface area contributed by atoms with Crippen molar-refractivity contribution in [2.75, 3.05) is 11.5 Å². The Morgan fingerprint density at radius 1 is 0.971 bits per heavy atom. The van der Waals surface area contributed by atoms with Gasteiger partial charge in [-0.15, -0.1) is 0 Å². The Labute approximate surface area is 213 Å². The van der Waals surface area contributed by atoms with Crippen LogP contribution in [0.2, 0.25) is 0 Å². The van der Waals surface area contributed by atoms with Crippen LogP contribution in [-0.4, -0.2) is 89.7 Å². The Kier molecular flexibility index (Phi) is 11.3. The highest BCUT2D eigenvalue weighted by Crippen LogP contribution is 2.39. The van der Waals surface area contributed by atoms with Crippen molar-refractivity contribution in [3.8, 4) is 0 Å². The maximum atomic E-state index is 15.9. The number of carbonyl (C=O) groups is 6. The van der Waals surface area contributed by atoms with Gasteiger partial charge in [-0.2, -0.15) is 0 Å². The highest BCUT2D eigenvalue weighted by atomic mass is 127. The van der Waals surface area contributed by atoms with Gasteiger partial charge in [-0.3, -0.25) is 24.0 Å². The topological polar surface area (TPSA) is 170 Å². The van der Waals surface area contributed by atoms with Gasteiger partial charge in [-0.1, -0.05) is 22.6 Å². The minimum absolute atomic E-state index is 0.00197. The summed E-state index contributed by atoms with van der Waals surface area (Å²) >= 11 is 1.80. The van der Waals surface area contributed by atoms with E-state index in [-0.39, 0.29) is 4.43 Å². The van der Waals surface area contributed by atoms with E-state index in [2.05, 4.69) is 10.1 Å². The standard InChI is InChI=1S/C20H27FINO12/c1-8(24)23-14-16(15(32-10(3)26)13(7-22)31-9(2)25)35-20(19(29)30-6,34-12(5)28)18(21)17(14)33-11(4)27/h13-18H,7H2,1-6H3,(H,23,24)/t13-,14+,15-,16-,17-,18-,20?/m1/s1. The number of alkyl halides is 2. The summed E-state index contributed by atoms with van der Waals surface area (Å²) < 4.78 is 46.6. The summed E-state index contributed by atoms with van der Waals surface area (Å²) in [5.41, 5.74) is 0. The van der Waals surface area contributed by atoms with Gasteiger partial charge < -0.3 is 33.7 Å². The molecule has 1 saturated heterocycles. The molecule has 1 heterocycles. The van der Waals surface area contributed by atoms with Gasteiger partial charge in [0.1, 0.15) is 6.10 Å². The van der Waals surface area contributed by atoms with E-state index in [1.807, 2.05) is 0 Å². The minimum Gasteiger partial charge on any atom is -0.464 e. The van der Waals surface area contributed by atoms with Gasteiger partial charge >= 0.3 is 35.6 Å². The zero-order chi connectivity index (χ0) is 27.1. The molecule has 1 amide bonds. The molecule has 1 unspecified atom stereocenters. The maximum absolute atomic E-state index is 15.9. The normalized spacial score (nSPS) is 27.4. The van der Waals surface area contributed by atoms with Crippen molar-refractivity contribution in [3.63, 3.8) is 0 Å². The first kappa shape index (κ1) is 30.5. The number of amides is 1. The van der Waals surface area contributed by atoms with Crippen LogP contribution in [0.15, 0.2) is 0 Å². The lowest BCUT2D eigenvalue weighted by Crippen LogP contribution is -2.74. The summed E-state index contributed by atoms with van der Waals surface area (Å²) in [7, 11) is 0.857. The van der Waals surface area contributed by atoms with Crippen LogP contribution in [0.4, 0.5) is 4.39 Å². The van der Waals surface area contributed by atoms with E-state index in [0.29, 0.717) is 0 Å². The van der Waals surface area contributed by atoms with E-state index in [1.54, 1.807) is 22.6 Å². The fourth-order valence-corrected chi connectivity index (χ4v) is 4.19. The van der Waals surface area contributed by atoms with Gasteiger partial charge in [0.05, 0.1) is 13.2 Å². The Morgan fingerprint density at radius 2 is 1.54 bits per heavy atom. The lowest BCUT2D eigenvalue weighted by Gasteiger charge is -2.49. The summed E-state index contributed by atoms with van der Waals surface area (Å²) in [6.07, 6.45) is -9.31. The monoisotopic (exact) mass is 619 g/mol. The molecule has 1 aliphatic rings. The average molecular weight is 619 g/mol. The number of ether oxygens (including phenoxy) is 6. The van der Waals surface area contributed by atoms with Crippen molar-refractivity contribution in [1.29, 1.82) is 0 Å². The number of hydrogen-bond acceptors (Lipinski definition) is 12. The van der Waals surface area contributed by atoms with E-state index in [0.717, 1.165) is 41.7 Å². The molecule has 0 aromatic rings. The third-order valence-corrected chi connectivity index (χ3v) is 5.44. The highest BCUT2D eigenvalue weighted by molar-refractivity contribution is 14.1. The van der Waals surface area contributed by atoms with Crippen LogP contribution in [0.3, 0.4) is 0 Å². The quantitative estimate of drug-likeness (QED) is 0.158. The zero-order valence-corrected chi connectivity index (χ0v) is 22.0. The van der Waals surface area contributed by atoms with Crippen LogP contribution in [0.25, 0.3) is 0 Å². The number of carbonyl (C=O) groups excluding carboxylic acids is 6. The highest BCUT2D eigenvalue weighted by Gasteiger charge is 2.67. The first-order valence-corrected chi connectivity index (χ1v) is 11.7. The molecular formula is C20H27FINO12. The van der Waals surface area contributed by atoms with Crippen LogP contribution < -0.4 is 5.32 Å². The van der Waals surface area contributed by atoms with Crippen LogP contribution in [0.5, 0.6) is 0 Å². The number of nitrogens with one attached hydrogen (secondary N) is 1. The summed E-state index contributed by atoms with van der Waals surface area (Å²) in [4.78, 5) is 72.0. The molecule has 0 bridgehead atoms. The molecule has 0 radical (unpaired) electrons. The summed E-state index contributed by atoms with van der Waals surface area (Å²) in [5.74, 6) is -9.28. The van der Waals surface area contributed by atoms with Crippen LogP contribution in [0.1, 0.15) is 34.6 Å². The van der Waals surface area contributed by atoms with Crippen molar-refractivity contribution >= 4 is 58.3 Å². The molecule has 1 N–H and O–H groups in total. The second-order valence-corrected chi connectivity index (χ2v) is 8.29. The van der Waals surface area contributed by atoms with Crippen LogP contribution in [0, 0.1) is 0 Å². The predicted molar refractivity (Wildman–Crippen MR) is 119 cm³/mol. The molecule has 15 heteroatoms. The largest absolute Gasteiger partial charge is 0.464 e. The lowest BCUT2D eigenvalue weighted by atomic mass is 9.86. The number of halogens is 2. The van der Waals surface area contributed by atoms with Crippen molar-refractivity contribution in [1.82, 2.24) is 5.32 Å². The summed E-state index contributed by atoms with van der Waals surface area (Å²) in [6, 6.07) is -1.61. The molecule has 35 heavy (non-hydrogen) atoms. The third-order valence-electron chi connectivity index (χ3n) is 4.57. The molecule has 1 aliphatic heterocycles. The number of rotatable bonds is 9. The number of esters is 5. The zero-order valence-electron chi connectivity index (χ0n) is 19.8. The molecule has 13 nitrogen and oxygen atoms in total. The molecule has 7 atom stereocenters. The first-order chi connectivity index (χ1) is 16.2. The number of methoxy groups -OCH3 is 1. The molecule has 0 aromatic carbocycles. The van der Waals surface area contributed by atoms with Crippen molar-refractivity contribution < 1.29 is 61.6 Å². The molecular weight excluding hydrogens is 592 g/mol. The SMILES string of the molecule is COC(=O)C1(OC(C)=O)O[C@@H]([C@H](OC(C)=O)[C@@H](CI)OC(C)=O)[C@H](NC(C)=O)[C@@H](OC(C)=O)[C@H]1F. The van der Waals surface area contributed by atoms with E-state index in [9.17, 15) is 28.8 Å². The predicted octanol–water partition coefficient (Wildman–Crippen LogP) is -0.109. The van der Waals surface area contributed by atoms with Crippen molar-refractivity contribution in [3.05, 3.63) is 0 Å². The first-order valence-electron chi connectivity index (χ1n) is 10.1. The Bertz CT molecular complexity index is 836. The van der Waals surface area contributed by atoms with Crippen molar-refractivity contribution in [2.24, 2.45) is 0 Å². The molecule has 0 spiro atoms. The van der Waals surface area contributed by atoms with Gasteiger partial charge in [0.15, 0.2) is 18.3 Å². The van der Waals surface area contributed by atoms with Gasteiger partial charge in [-0.05, 0) is 0 Å². The lowest BCUT2D eigenvalue weighted by molar-refractivity contribution is -0.325. The second-order valence-electron chi connectivity index (χ2n) is 7.41. The molecule has 198 valence electrons. The van der Waals surface area contributed by atoms with Gasteiger partial charge in [0.25, 0.3) is 0 Å². The fraction of sp³-hybridized carbons (Fsp3) is 0.700. The average Bonchev–Trinajstić information content (AvgIpc) is 2.73. The molecule has 0 aliphatic carbocycles. The van der Waals surface area contributed by atoms with Crippen LogP contribution in [-0.2, 0) is 57.2 Å². The summed E-state index contributed by atoms with van der Waals surface area (Å²) in [5, 5.41) is 2.34. The maximum Gasteiger partial charge on any atom is 0.383 e. The Morgan fingerprint density at radius 3 is 1.94 bits per heavy atom. The van der Waals surface area contributed by atoms with Gasteiger partial charge in [0.2, 0.25) is 12.1 Å².